The third kappa shape index (κ3) is 6.31. The number of hydrogen-bond acceptors (Lipinski definition) is 5. The Balaban J connectivity index is 1.83. The Morgan fingerprint density at radius 2 is 1.71 bits per heavy atom. The van der Waals surface area contributed by atoms with Crippen molar-refractivity contribution in [3.05, 3.63) is 35.9 Å². The molecule has 1 aromatic rings. The molecule has 3 amide bonds. The molecule has 1 aliphatic rings. The summed E-state index contributed by atoms with van der Waals surface area (Å²) in [6, 6.07) is 8.66. The molecule has 5 N–H and O–H groups in total. The molecule has 3 unspecified atom stereocenters. The maximum Gasteiger partial charge on any atom is 0.261 e. The molecule has 0 aromatic heterocycles. The van der Waals surface area contributed by atoms with E-state index in [-0.39, 0.29) is 29.7 Å². The van der Waals surface area contributed by atoms with Gasteiger partial charge in [-0.1, -0.05) is 58.0 Å². The van der Waals surface area contributed by atoms with E-state index in [1.165, 1.54) is 0 Å². The van der Waals surface area contributed by atoms with Gasteiger partial charge in [0.2, 0.25) is 5.91 Å². The monoisotopic (exact) mass is 389 g/mol. The van der Waals surface area contributed by atoms with E-state index in [1.807, 2.05) is 58.0 Å². The summed E-state index contributed by atoms with van der Waals surface area (Å²) in [6.07, 6.45) is 0.909. The molecule has 0 aliphatic carbocycles. The maximum atomic E-state index is 12.4. The number of hydrazine groups is 2. The fourth-order valence-corrected chi connectivity index (χ4v) is 3.06. The minimum atomic E-state index is -0.710. The van der Waals surface area contributed by atoms with E-state index < -0.39 is 18.0 Å². The minimum absolute atomic E-state index is 0.0198. The highest BCUT2D eigenvalue weighted by molar-refractivity contribution is 5.90. The zero-order valence-corrected chi connectivity index (χ0v) is 16.9. The molecule has 8 nitrogen and oxygen atoms in total. The second-order valence-electron chi connectivity index (χ2n) is 7.91. The first-order chi connectivity index (χ1) is 13.3. The first-order valence-corrected chi connectivity index (χ1v) is 9.73. The van der Waals surface area contributed by atoms with Crippen LogP contribution < -0.4 is 27.0 Å². The number of carbonyl (C=O) groups excluding carboxylic acids is 3. The van der Waals surface area contributed by atoms with Crippen LogP contribution in [0.15, 0.2) is 30.3 Å². The van der Waals surface area contributed by atoms with Crippen molar-refractivity contribution in [1.29, 1.82) is 0 Å². The molecule has 0 spiro atoms. The third-order valence-electron chi connectivity index (χ3n) is 4.59. The lowest BCUT2D eigenvalue weighted by Crippen LogP contribution is -2.56. The molecule has 0 bridgehead atoms. The molecule has 8 heteroatoms. The van der Waals surface area contributed by atoms with Crippen LogP contribution in [0.3, 0.4) is 0 Å². The number of rotatable bonds is 7. The van der Waals surface area contributed by atoms with Crippen LogP contribution in [-0.2, 0) is 14.4 Å². The first kappa shape index (κ1) is 21.8. The van der Waals surface area contributed by atoms with E-state index in [0.29, 0.717) is 12.8 Å². The summed E-state index contributed by atoms with van der Waals surface area (Å²) in [5.74, 6) is -0.861. The summed E-state index contributed by atoms with van der Waals surface area (Å²) >= 11 is 0. The van der Waals surface area contributed by atoms with Crippen molar-refractivity contribution in [3.63, 3.8) is 0 Å². The Labute approximate surface area is 166 Å². The molecule has 1 aromatic carbocycles. The molecular formula is C20H31N5O3. The highest BCUT2D eigenvalue weighted by Gasteiger charge is 2.31. The van der Waals surface area contributed by atoms with Gasteiger partial charge in [-0.2, -0.15) is 0 Å². The molecule has 1 saturated heterocycles. The van der Waals surface area contributed by atoms with Crippen LogP contribution >= 0.6 is 0 Å². The van der Waals surface area contributed by atoms with Crippen LogP contribution in [0.5, 0.6) is 0 Å². The minimum Gasteiger partial charge on any atom is -0.344 e. The molecule has 1 heterocycles. The molecule has 3 atom stereocenters. The van der Waals surface area contributed by atoms with Gasteiger partial charge < -0.3 is 5.32 Å². The van der Waals surface area contributed by atoms with Crippen molar-refractivity contribution in [2.75, 3.05) is 0 Å². The van der Waals surface area contributed by atoms with Crippen LogP contribution in [0.4, 0.5) is 0 Å². The van der Waals surface area contributed by atoms with E-state index in [4.69, 9.17) is 0 Å². The van der Waals surface area contributed by atoms with Gasteiger partial charge in [0.05, 0.1) is 0 Å². The van der Waals surface area contributed by atoms with Crippen LogP contribution in [0.2, 0.25) is 0 Å². The SMILES string of the molecule is CC(C)CC(=O)NC(C(=O)NNC(=O)C1CC(c2ccccc2)NN1)C(C)C. The van der Waals surface area contributed by atoms with Gasteiger partial charge in [0, 0.05) is 12.5 Å². The average molecular weight is 390 g/mol. The van der Waals surface area contributed by atoms with Crippen LogP contribution in [0.1, 0.15) is 52.1 Å². The topological polar surface area (TPSA) is 111 Å². The number of hydrogen-bond donors (Lipinski definition) is 5. The second kappa shape index (κ2) is 10.2. The van der Waals surface area contributed by atoms with Crippen molar-refractivity contribution in [1.82, 2.24) is 27.0 Å². The number of nitrogens with one attached hydrogen (secondary N) is 5. The molecular weight excluding hydrogens is 358 g/mol. The average Bonchev–Trinajstić information content (AvgIpc) is 3.14. The standard InChI is InChI=1S/C20H31N5O3/c1-12(2)10-17(26)21-18(13(3)4)20(28)25-24-19(27)16-11-15(22-23-16)14-8-6-5-7-9-14/h5-9,12-13,15-16,18,22-23H,10-11H2,1-4H3,(H,21,26)(H,24,27)(H,25,28). The van der Waals surface area contributed by atoms with Crippen molar-refractivity contribution in [2.45, 2.75) is 58.7 Å². The predicted octanol–water partition coefficient (Wildman–Crippen LogP) is 0.929. The highest BCUT2D eigenvalue weighted by Crippen LogP contribution is 2.21. The van der Waals surface area contributed by atoms with E-state index in [1.54, 1.807) is 0 Å². The van der Waals surface area contributed by atoms with Gasteiger partial charge >= 0.3 is 0 Å². The molecule has 0 radical (unpaired) electrons. The van der Waals surface area contributed by atoms with Crippen LogP contribution in [0, 0.1) is 11.8 Å². The van der Waals surface area contributed by atoms with Crippen LogP contribution in [0.25, 0.3) is 0 Å². The molecule has 0 saturated carbocycles. The fraction of sp³-hybridized carbons (Fsp3) is 0.550. The van der Waals surface area contributed by atoms with Gasteiger partial charge in [-0.15, -0.1) is 0 Å². The number of carbonyl (C=O) groups is 3. The summed E-state index contributed by atoms with van der Waals surface area (Å²) in [6.45, 7) is 7.56. The Morgan fingerprint density at radius 3 is 2.32 bits per heavy atom. The van der Waals surface area contributed by atoms with Gasteiger partial charge in [-0.25, -0.2) is 10.9 Å². The Bertz CT molecular complexity index is 678. The quantitative estimate of drug-likeness (QED) is 0.446. The predicted molar refractivity (Wildman–Crippen MR) is 106 cm³/mol. The highest BCUT2D eigenvalue weighted by atomic mass is 16.2. The smallest absolute Gasteiger partial charge is 0.261 e. The maximum absolute atomic E-state index is 12.4. The number of benzene rings is 1. The Hall–Kier alpha value is -2.45. The third-order valence-corrected chi connectivity index (χ3v) is 4.59. The lowest BCUT2D eigenvalue weighted by Gasteiger charge is -2.22. The Morgan fingerprint density at radius 1 is 1.04 bits per heavy atom. The lowest BCUT2D eigenvalue weighted by atomic mass is 10.0. The van der Waals surface area contributed by atoms with Crippen LogP contribution in [-0.4, -0.2) is 29.8 Å². The molecule has 154 valence electrons. The van der Waals surface area contributed by atoms with Crippen molar-refractivity contribution in [2.24, 2.45) is 11.8 Å². The van der Waals surface area contributed by atoms with Gasteiger partial charge in [0.15, 0.2) is 0 Å². The summed E-state index contributed by atoms with van der Waals surface area (Å²) in [4.78, 5) is 36.8. The van der Waals surface area contributed by atoms with Gasteiger partial charge in [-0.05, 0) is 23.8 Å². The zero-order valence-electron chi connectivity index (χ0n) is 16.9. The fourth-order valence-electron chi connectivity index (χ4n) is 3.06. The zero-order chi connectivity index (χ0) is 20.7. The normalized spacial score (nSPS) is 20.1. The summed E-state index contributed by atoms with van der Waals surface area (Å²) in [7, 11) is 0. The van der Waals surface area contributed by atoms with Gasteiger partial charge in [-0.3, -0.25) is 25.2 Å². The van der Waals surface area contributed by atoms with Gasteiger partial charge in [0.25, 0.3) is 11.8 Å². The number of amides is 3. The molecule has 1 aliphatic heterocycles. The van der Waals surface area contributed by atoms with Crippen molar-refractivity contribution in [3.8, 4) is 0 Å². The van der Waals surface area contributed by atoms with E-state index >= 15 is 0 Å². The summed E-state index contributed by atoms with van der Waals surface area (Å²) in [5, 5.41) is 2.74. The van der Waals surface area contributed by atoms with E-state index in [0.717, 1.165) is 5.56 Å². The van der Waals surface area contributed by atoms with Crippen molar-refractivity contribution < 1.29 is 14.4 Å². The summed E-state index contributed by atoms with van der Waals surface area (Å²) < 4.78 is 0. The molecule has 1 fully saturated rings. The Kier molecular flexibility index (Phi) is 7.95. The first-order valence-electron chi connectivity index (χ1n) is 9.73. The summed E-state index contributed by atoms with van der Waals surface area (Å²) in [5.41, 5.74) is 12.0. The van der Waals surface area contributed by atoms with Crippen molar-refractivity contribution >= 4 is 17.7 Å². The van der Waals surface area contributed by atoms with E-state index in [2.05, 4.69) is 27.0 Å². The molecule has 28 heavy (non-hydrogen) atoms. The molecule has 2 rings (SSSR count). The van der Waals surface area contributed by atoms with Gasteiger partial charge in [0.1, 0.15) is 12.1 Å². The second-order valence-corrected chi connectivity index (χ2v) is 7.91. The van der Waals surface area contributed by atoms with E-state index in [9.17, 15) is 14.4 Å². The lowest BCUT2D eigenvalue weighted by molar-refractivity contribution is -0.133. The largest absolute Gasteiger partial charge is 0.344 e.